The maximum atomic E-state index is 11.1. The van der Waals surface area contributed by atoms with Crippen molar-refractivity contribution in [1.82, 2.24) is 14.9 Å². The number of carbonyl (C=O) groups is 1. The first-order valence-corrected chi connectivity index (χ1v) is 12.1. The van der Waals surface area contributed by atoms with Gasteiger partial charge in [-0.3, -0.25) is 15.0 Å². The van der Waals surface area contributed by atoms with Crippen LogP contribution in [-0.2, 0) is 6.54 Å². The zero-order valence-electron chi connectivity index (χ0n) is 19.6. The van der Waals surface area contributed by atoms with E-state index in [-0.39, 0.29) is 12.6 Å². The Bertz CT molecular complexity index is 1090. The number of piperazine rings is 1. The average Bonchev–Trinajstić information content (AvgIpc) is 2.88. The van der Waals surface area contributed by atoms with Crippen LogP contribution in [0.3, 0.4) is 0 Å². The number of amides is 2. The number of rotatable bonds is 9. The summed E-state index contributed by atoms with van der Waals surface area (Å²) in [5.74, 6) is 0.637. The first-order valence-electron chi connectivity index (χ1n) is 11.7. The topological polar surface area (TPSA) is 82.3 Å². The Labute approximate surface area is 211 Å². The molecule has 1 aliphatic heterocycles. The van der Waals surface area contributed by atoms with Crippen LogP contribution in [0.5, 0.6) is 5.75 Å². The number of primary amides is 1. The number of nitrogens with two attached hydrogens (primary N) is 1. The maximum Gasteiger partial charge on any atom is 0.338 e. The quantitative estimate of drug-likeness (QED) is 0.340. The van der Waals surface area contributed by atoms with Crippen molar-refractivity contribution in [3.8, 4) is 5.75 Å². The highest BCUT2D eigenvalue weighted by molar-refractivity contribution is 6.30. The number of ether oxygens (including phenoxy) is 1. The molecule has 3 N–H and O–H groups in total. The van der Waals surface area contributed by atoms with Gasteiger partial charge in [-0.1, -0.05) is 72.3 Å². The predicted octanol–water partition coefficient (Wildman–Crippen LogP) is 4.40. The molecule has 1 saturated heterocycles. The molecule has 1 heterocycles. The summed E-state index contributed by atoms with van der Waals surface area (Å²) in [5, 5.41) is 10.9. The van der Waals surface area contributed by atoms with Crippen LogP contribution < -0.4 is 10.5 Å². The fourth-order valence-electron chi connectivity index (χ4n) is 4.44. The van der Waals surface area contributed by atoms with Crippen LogP contribution in [0.4, 0.5) is 4.79 Å². The Morgan fingerprint density at radius 2 is 1.57 bits per heavy atom. The first kappa shape index (κ1) is 25.0. The van der Waals surface area contributed by atoms with Gasteiger partial charge in [-0.25, -0.2) is 9.86 Å². The number of urea groups is 1. The van der Waals surface area contributed by atoms with Crippen molar-refractivity contribution in [3.63, 3.8) is 0 Å². The van der Waals surface area contributed by atoms with E-state index < -0.39 is 6.03 Å². The van der Waals surface area contributed by atoms with E-state index in [1.807, 2.05) is 36.4 Å². The van der Waals surface area contributed by atoms with Gasteiger partial charge in [0.2, 0.25) is 0 Å². The highest BCUT2D eigenvalue weighted by atomic mass is 35.5. The summed E-state index contributed by atoms with van der Waals surface area (Å²) in [6, 6.07) is 25.4. The van der Waals surface area contributed by atoms with Crippen molar-refractivity contribution in [2.45, 2.75) is 12.6 Å². The minimum absolute atomic E-state index is 0.0181. The van der Waals surface area contributed by atoms with Crippen molar-refractivity contribution in [2.75, 3.05) is 39.3 Å². The largest absolute Gasteiger partial charge is 0.492 e. The Hall–Kier alpha value is -3.10. The van der Waals surface area contributed by atoms with Gasteiger partial charge in [-0.2, -0.15) is 0 Å². The molecule has 3 aromatic rings. The van der Waals surface area contributed by atoms with Gasteiger partial charge in [0.25, 0.3) is 0 Å². The molecule has 8 heteroatoms. The van der Waals surface area contributed by atoms with Gasteiger partial charge in [-0.15, -0.1) is 0 Å². The number of para-hydroxylation sites is 1. The lowest BCUT2D eigenvalue weighted by Crippen LogP contribution is -2.48. The van der Waals surface area contributed by atoms with Gasteiger partial charge in [0.15, 0.2) is 0 Å². The van der Waals surface area contributed by atoms with Crippen molar-refractivity contribution in [1.29, 1.82) is 0 Å². The average molecular weight is 495 g/mol. The fraction of sp³-hybridized carbons (Fsp3) is 0.296. The fourth-order valence-corrected chi connectivity index (χ4v) is 4.56. The van der Waals surface area contributed by atoms with Gasteiger partial charge in [0.05, 0.1) is 12.6 Å². The lowest BCUT2D eigenvalue weighted by molar-refractivity contribution is -0.0475. The molecule has 0 radical (unpaired) electrons. The molecular weight excluding hydrogens is 464 g/mol. The number of hydrogen-bond acceptors (Lipinski definition) is 5. The second kappa shape index (κ2) is 12.0. The molecule has 35 heavy (non-hydrogen) atoms. The number of carbonyl (C=O) groups excluding carboxylic acids is 1. The Morgan fingerprint density at radius 3 is 2.26 bits per heavy atom. The molecule has 0 unspecified atom stereocenters. The van der Waals surface area contributed by atoms with Gasteiger partial charge < -0.3 is 10.5 Å². The third kappa shape index (κ3) is 6.74. The number of halogens is 1. The second-order valence-corrected chi connectivity index (χ2v) is 9.03. The van der Waals surface area contributed by atoms with E-state index in [4.69, 9.17) is 22.1 Å². The molecule has 0 saturated carbocycles. The second-order valence-electron chi connectivity index (χ2n) is 8.59. The van der Waals surface area contributed by atoms with E-state index in [0.29, 0.717) is 23.0 Å². The smallest absolute Gasteiger partial charge is 0.338 e. The number of nitrogens with zero attached hydrogens (tertiary/aromatic N) is 3. The summed E-state index contributed by atoms with van der Waals surface area (Å²) in [6.45, 7) is 5.04. The molecular formula is C27H31ClN4O3. The summed E-state index contributed by atoms with van der Waals surface area (Å²) in [4.78, 5) is 16.1. The first-order chi connectivity index (χ1) is 17.0. The molecule has 0 aliphatic carbocycles. The lowest BCUT2D eigenvalue weighted by Gasteiger charge is -2.39. The zero-order chi connectivity index (χ0) is 24.6. The number of hydrogen-bond donors (Lipinski definition) is 2. The Kier molecular flexibility index (Phi) is 8.60. The molecule has 1 fully saturated rings. The van der Waals surface area contributed by atoms with Crippen molar-refractivity contribution in [3.05, 3.63) is 101 Å². The summed E-state index contributed by atoms with van der Waals surface area (Å²) >= 11 is 6.14. The van der Waals surface area contributed by atoms with Gasteiger partial charge in [-0.05, 0) is 29.3 Å². The zero-order valence-corrected chi connectivity index (χ0v) is 20.3. The highest BCUT2D eigenvalue weighted by Gasteiger charge is 2.26. The minimum atomic E-state index is -0.898. The standard InChI is InChI=1S/C27H31ClN4O3/c28-24-12-10-22(11-13-24)26(21-6-2-1-3-7-21)31-16-14-30(15-17-31)18-19-35-25-9-5-4-8-23(25)20-32(34)27(29)33/h1-13,26,34H,14-20H2,(H2,29,33)/t26-/m1/s1. The van der Waals surface area contributed by atoms with Crippen LogP contribution in [0.2, 0.25) is 5.02 Å². The summed E-state index contributed by atoms with van der Waals surface area (Å²) in [5.41, 5.74) is 8.34. The Morgan fingerprint density at radius 1 is 0.943 bits per heavy atom. The van der Waals surface area contributed by atoms with E-state index in [9.17, 15) is 10.0 Å². The van der Waals surface area contributed by atoms with Crippen LogP contribution in [0.15, 0.2) is 78.9 Å². The van der Waals surface area contributed by atoms with E-state index in [2.05, 4.69) is 46.2 Å². The van der Waals surface area contributed by atoms with Crippen LogP contribution in [0.1, 0.15) is 22.7 Å². The summed E-state index contributed by atoms with van der Waals surface area (Å²) < 4.78 is 5.99. The van der Waals surface area contributed by atoms with E-state index in [0.717, 1.165) is 37.7 Å². The van der Waals surface area contributed by atoms with E-state index >= 15 is 0 Å². The van der Waals surface area contributed by atoms with Crippen molar-refractivity contribution >= 4 is 17.6 Å². The van der Waals surface area contributed by atoms with Gasteiger partial charge in [0, 0.05) is 43.3 Å². The van der Waals surface area contributed by atoms with Crippen LogP contribution in [0.25, 0.3) is 0 Å². The van der Waals surface area contributed by atoms with Crippen molar-refractivity contribution in [2.24, 2.45) is 5.73 Å². The molecule has 0 aromatic heterocycles. The molecule has 0 bridgehead atoms. The maximum absolute atomic E-state index is 11.1. The van der Waals surface area contributed by atoms with Crippen LogP contribution >= 0.6 is 11.6 Å². The van der Waals surface area contributed by atoms with Crippen LogP contribution in [0, 0.1) is 0 Å². The highest BCUT2D eigenvalue weighted by Crippen LogP contribution is 2.30. The predicted molar refractivity (Wildman–Crippen MR) is 137 cm³/mol. The molecule has 2 amide bonds. The molecule has 1 atom stereocenters. The molecule has 7 nitrogen and oxygen atoms in total. The monoisotopic (exact) mass is 494 g/mol. The number of hydroxylamine groups is 2. The lowest BCUT2D eigenvalue weighted by atomic mass is 9.96. The van der Waals surface area contributed by atoms with E-state index in [1.165, 1.54) is 11.1 Å². The minimum Gasteiger partial charge on any atom is -0.492 e. The third-order valence-corrected chi connectivity index (χ3v) is 6.54. The number of benzene rings is 3. The third-order valence-electron chi connectivity index (χ3n) is 6.29. The Balaban J connectivity index is 1.33. The molecule has 184 valence electrons. The summed E-state index contributed by atoms with van der Waals surface area (Å²) in [6.07, 6.45) is 0. The van der Waals surface area contributed by atoms with Gasteiger partial charge >= 0.3 is 6.03 Å². The van der Waals surface area contributed by atoms with Crippen LogP contribution in [-0.4, -0.2) is 65.4 Å². The van der Waals surface area contributed by atoms with Crippen molar-refractivity contribution < 1.29 is 14.7 Å². The van der Waals surface area contributed by atoms with E-state index in [1.54, 1.807) is 6.07 Å². The molecule has 1 aliphatic rings. The molecule has 3 aromatic carbocycles. The molecule has 0 spiro atoms. The molecule has 4 rings (SSSR count). The summed E-state index contributed by atoms with van der Waals surface area (Å²) in [7, 11) is 0. The normalized spacial score (nSPS) is 15.5. The van der Waals surface area contributed by atoms with Gasteiger partial charge in [0.1, 0.15) is 12.4 Å². The SMILES string of the molecule is NC(=O)N(O)Cc1ccccc1OCCN1CCN([C@H](c2ccccc2)c2ccc(Cl)cc2)CC1.